The Hall–Kier alpha value is -2.70. The molecule has 28 heavy (non-hydrogen) atoms. The third kappa shape index (κ3) is 3.53. The van der Waals surface area contributed by atoms with Crippen molar-refractivity contribution in [3.05, 3.63) is 42.2 Å². The molecule has 8 nitrogen and oxygen atoms in total. The minimum absolute atomic E-state index is 0.0387. The van der Waals surface area contributed by atoms with E-state index in [0.29, 0.717) is 0 Å². The molecule has 1 fully saturated rings. The molecule has 1 amide bonds. The second-order valence-corrected chi connectivity index (χ2v) is 9.90. The zero-order valence-electron chi connectivity index (χ0n) is 15.7. The molecule has 148 valence electrons. The van der Waals surface area contributed by atoms with E-state index in [1.54, 1.807) is 17.1 Å². The van der Waals surface area contributed by atoms with Crippen LogP contribution in [0.3, 0.4) is 0 Å². The molecule has 0 bridgehead atoms. The average molecular weight is 402 g/mol. The van der Waals surface area contributed by atoms with Gasteiger partial charge in [0.1, 0.15) is 0 Å². The number of amides is 1. The highest BCUT2D eigenvalue weighted by molar-refractivity contribution is 7.92. The number of carbonyl (C=O) groups excluding carboxylic acids is 1. The minimum Gasteiger partial charge on any atom is -0.289 e. The number of nitriles is 1. The molecule has 1 aliphatic rings. The molecule has 1 aliphatic carbocycles. The highest BCUT2D eigenvalue weighted by Crippen LogP contribution is 2.47. The molecule has 0 aliphatic heterocycles. The van der Waals surface area contributed by atoms with Crippen LogP contribution in [0.2, 0.25) is 0 Å². The van der Waals surface area contributed by atoms with Gasteiger partial charge < -0.3 is 0 Å². The summed E-state index contributed by atoms with van der Waals surface area (Å²) in [5, 5.41) is 22.4. The van der Waals surface area contributed by atoms with Gasteiger partial charge in [0, 0.05) is 24.6 Å². The number of aryl methyl sites for hydroxylation is 1. The maximum absolute atomic E-state index is 12.0. The lowest BCUT2D eigenvalue weighted by Crippen LogP contribution is -2.49. The van der Waals surface area contributed by atoms with E-state index in [4.69, 9.17) is 5.21 Å². The second kappa shape index (κ2) is 7.04. The van der Waals surface area contributed by atoms with Gasteiger partial charge in [-0.15, -0.1) is 0 Å². The maximum atomic E-state index is 12.0. The van der Waals surface area contributed by atoms with E-state index in [0.717, 1.165) is 35.8 Å². The van der Waals surface area contributed by atoms with Crippen LogP contribution in [0.5, 0.6) is 0 Å². The Bertz CT molecular complexity index is 1030. The Morgan fingerprint density at radius 3 is 2.50 bits per heavy atom. The predicted molar refractivity (Wildman–Crippen MR) is 102 cm³/mol. The van der Waals surface area contributed by atoms with Gasteiger partial charge in [0.2, 0.25) is 0 Å². The van der Waals surface area contributed by atoms with Crippen LogP contribution in [0.1, 0.15) is 31.7 Å². The normalized spacial score (nSPS) is 17.4. The van der Waals surface area contributed by atoms with Crippen LogP contribution in [-0.4, -0.2) is 40.3 Å². The molecule has 1 aromatic heterocycles. The fourth-order valence-corrected chi connectivity index (χ4v) is 3.96. The Labute approximate surface area is 163 Å². The molecule has 0 spiro atoms. The lowest BCUT2D eigenvalue weighted by molar-refractivity contribution is -0.131. The van der Waals surface area contributed by atoms with E-state index in [1.807, 2.05) is 24.3 Å². The zero-order valence-corrected chi connectivity index (χ0v) is 16.5. The van der Waals surface area contributed by atoms with Crippen LogP contribution in [0.25, 0.3) is 11.1 Å². The minimum atomic E-state index is -3.75. The van der Waals surface area contributed by atoms with Crippen molar-refractivity contribution in [2.24, 2.45) is 0 Å². The third-order valence-corrected chi connectivity index (χ3v) is 7.61. The number of benzene rings is 1. The predicted octanol–water partition coefficient (Wildman–Crippen LogP) is 1.80. The molecule has 1 unspecified atom stereocenters. The van der Waals surface area contributed by atoms with Gasteiger partial charge in [0.25, 0.3) is 5.91 Å². The molecule has 3 rings (SSSR count). The number of aromatic nitrogens is 2. The van der Waals surface area contributed by atoms with Crippen molar-refractivity contribution in [2.45, 2.75) is 42.9 Å². The summed E-state index contributed by atoms with van der Waals surface area (Å²) in [5.74, 6) is -0.968. The first kappa shape index (κ1) is 20.0. The van der Waals surface area contributed by atoms with E-state index in [9.17, 15) is 18.5 Å². The molecule has 1 saturated carbocycles. The summed E-state index contributed by atoms with van der Waals surface area (Å²) >= 11 is 0. The molecule has 2 aromatic rings. The van der Waals surface area contributed by atoms with Gasteiger partial charge in [0.05, 0.1) is 17.7 Å². The Morgan fingerprint density at radius 2 is 2.00 bits per heavy atom. The molecule has 9 heteroatoms. The van der Waals surface area contributed by atoms with Crippen LogP contribution < -0.4 is 5.48 Å². The van der Waals surface area contributed by atoms with Crippen molar-refractivity contribution in [1.29, 1.82) is 5.26 Å². The summed E-state index contributed by atoms with van der Waals surface area (Å²) in [6.07, 6.45) is 6.14. The summed E-state index contributed by atoms with van der Waals surface area (Å²) in [6.45, 7) is 1.46. The fraction of sp³-hybridized carbons (Fsp3) is 0.421. The van der Waals surface area contributed by atoms with Crippen LogP contribution >= 0.6 is 0 Å². The van der Waals surface area contributed by atoms with Crippen LogP contribution in [0, 0.1) is 11.3 Å². The van der Waals surface area contributed by atoms with Crippen molar-refractivity contribution in [2.75, 3.05) is 6.26 Å². The lowest BCUT2D eigenvalue weighted by Gasteiger charge is -2.24. The van der Waals surface area contributed by atoms with E-state index >= 15 is 0 Å². The van der Waals surface area contributed by atoms with Gasteiger partial charge in [-0.1, -0.05) is 24.3 Å². The topological polar surface area (TPSA) is 125 Å². The SMILES string of the molecule is CC(CCn1cc(-c2ccc(C3(C#N)CC3)cc2)cn1)(C(=O)NO)S(C)(=O)=O. The third-order valence-electron chi connectivity index (χ3n) is 5.59. The van der Waals surface area contributed by atoms with Crippen LogP contribution in [0.15, 0.2) is 36.7 Å². The van der Waals surface area contributed by atoms with Gasteiger partial charge in [-0.05, 0) is 37.3 Å². The van der Waals surface area contributed by atoms with Crippen molar-refractivity contribution in [3.8, 4) is 17.2 Å². The molecular formula is C19H22N4O4S. The highest BCUT2D eigenvalue weighted by atomic mass is 32.2. The fourth-order valence-electron chi connectivity index (χ4n) is 3.12. The van der Waals surface area contributed by atoms with Gasteiger partial charge >= 0.3 is 0 Å². The largest absolute Gasteiger partial charge is 0.289 e. The molecule has 2 N–H and O–H groups in total. The first-order valence-electron chi connectivity index (χ1n) is 8.84. The standard InChI is InChI=1S/C19H22N4O4S/c1-18(17(24)22-25,28(2,26)27)9-10-23-12-15(11-21-23)14-3-5-16(6-4-14)19(13-20)7-8-19/h3-6,11-12,25H,7-10H2,1-2H3,(H,22,24). The van der Waals surface area contributed by atoms with Gasteiger partial charge in [-0.3, -0.25) is 14.7 Å². The number of nitrogens with zero attached hydrogens (tertiary/aromatic N) is 3. The first-order valence-corrected chi connectivity index (χ1v) is 10.7. The monoisotopic (exact) mass is 402 g/mol. The van der Waals surface area contributed by atoms with Crippen LogP contribution in [-0.2, 0) is 26.6 Å². The van der Waals surface area contributed by atoms with Crippen molar-refractivity contribution >= 4 is 15.7 Å². The average Bonchev–Trinajstić information content (AvgIpc) is 3.34. The maximum Gasteiger partial charge on any atom is 0.264 e. The number of rotatable bonds is 7. The van der Waals surface area contributed by atoms with Gasteiger partial charge in [0.15, 0.2) is 14.6 Å². The Kier molecular flexibility index (Phi) is 5.04. The molecule has 0 saturated heterocycles. The van der Waals surface area contributed by atoms with Crippen LogP contribution in [0.4, 0.5) is 0 Å². The van der Waals surface area contributed by atoms with Crippen molar-refractivity contribution in [3.63, 3.8) is 0 Å². The molecular weight excluding hydrogens is 380 g/mol. The molecule has 1 heterocycles. The summed E-state index contributed by atoms with van der Waals surface area (Å²) < 4.78 is 23.8. The summed E-state index contributed by atoms with van der Waals surface area (Å²) in [7, 11) is -3.75. The van der Waals surface area contributed by atoms with Crippen molar-refractivity contribution in [1.82, 2.24) is 15.3 Å². The number of carbonyl (C=O) groups is 1. The quantitative estimate of drug-likeness (QED) is 0.537. The number of hydroxylamine groups is 1. The van der Waals surface area contributed by atoms with Gasteiger partial charge in [-0.2, -0.15) is 10.4 Å². The summed E-state index contributed by atoms with van der Waals surface area (Å²) in [6, 6.07) is 10.2. The van der Waals surface area contributed by atoms with Gasteiger partial charge in [-0.25, -0.2) is 13.9 Å². The summed E-state index contributed by atoms with van der Waals surface area (Å²) in [4.78, 5) is 11.9. The molecule has 0 radical (unpaired) electrons. The number of hydrogen-bond acceptors (Lipinski definition) is 6. The van der Waals surface area contributed by atoms with E-state index < -0.39 is 20.5 Å². The first-order chi connectivity index (χ1) is 13.1. The van der Waals surface area contributed by atoms with E-state index in [2.05, 4.69) is 11.2 Å². The molecule has 1 atom stereocenters. The van der Waals surface area contributed by atoms with E-state index in [-0.39, 0.29) is 18.4 Å². The number of hydrogen-bond donors (Lipinski definition) is 2. The number of nitrogens with one attached hydrogen (secondary N) is 1. The Balaban J connectivity index is 1.74. The number of sulfone groups is 1. The second-order valence-electron chi connectivity index (χ2n) is 7.46. The van der Waals surface area contributed by atoms with Crippen molar-refractivity contribution < 1.29 is 18.4 Å². The van der Waals surface area contributed by atoms with E-state index in [1.165, 1.54) is 12.4 Å². The summed E-state index contributed by atoms with van der Waals surface area (Å²) in [5.41, 5.74) is 3.91. The molecule has 1 aromatic carbocycles. The Morgan fingerprint density at radius 1 is 1.36 bits per heavy atom. The lowest BCUT2D eigenvalue weighted by atomic mass is 9.96. The highest BCUT2D eigenvalue weighted by Gasteiger charge is 2.45. The smallest absolute Gasteiger partial charge is 0.264 e. The zero-order chi connectivity index (χ0) is 20.6.